The van der Waals surface area contributed by atoms with E-state index in [2.05, 4.69) is 41.0 Å². The van der Waals surface area contributed by atoms with Crippen molar-refractivity contribution >= 4 is 28.7 Å². The highest BCUT2D eigenvalue weighted by atomic mass is 32.1. The fourth-order valence-electron chi connectivity index (χ4n) is 2.65. The quantitative estimate of drug-likeness (QED) is 0.492. The molecule has 19 heavy (non-hydrogen) atoms. The number of anilines is 1. The molecule has 3 nitrogen and oxygen atoms in total. The summed E-state index contributed by atoms with van der Waals surface area (Å²) in [5.41, 5.74) is 6.39. The fourth-order valence-corrected chi connectivity index (χ4v) is 2.80. The smallest absolute Gasteiger partial charge is 0.191 e. The van der Waals surface area contributed by atoms with E-state index in [4.69, 9.17) is 12.2 Å². The molecule has 0 radical (unpaired) electrons. The van der Waals surface area contributed by atoms with Crippen molar-refractivity contribution in [1.29, 1.82) is 0 Å². The van der Waals surface area contributed by atoms with E-state index < -0.39 is 0 Å². The van der Waals surface area contributed by atoms with Gasteiger partial charge in [-0.2, -0.15) is 5.10 Å². The molecule has 2 atom stereocenters. The van der Waals surface area contributed by atoms with Gasteiger partial charge in [0.25, 0.3) is 0 Å². The maximum absolute atomic E-state index is 5.26. The molecule has 0 aromatic heterocycles. The molecular formula is C15H17N3S. The lowest BCUT2D eigenvalue weighted by Crippen LogP contribution is -2.36. The van der Waals surface area contributed by atoms with E-state index in [1.54, 1.807) is 0 Å². The van der Waals surface area contributed by atoms with Gasteiger partial charge in [0.05, 0.1) is 0 Å². The van der Waals surface area contributed by atoms with Crippen molar-refractivity contribution in [1.82, 2.24) is 5.43 Å². The van der Waals surface area contributed by atoms with Crippen LogP contribution in [0.5, 0.6) is 0 Å². The Hall–Kier alpha value is -1.68. The van der Waals surface area contributed by atoms with Crippen LogP contribution in [0.25, 0.3) is 0 Å². The Morgan fingerprint density at radius 1 is 1.37 bits per heavy atom. The van der Waals surface area contributed by atoms with Crippen molar-refractivity contribution in [2.45, 2.75) is 19.8 Å². The predicted molar refractivity (Wildman–Crippen MR) is 83.3 cm³/mol. The Kier molecular flexibility index (Phi) is 3.34. The number of aryl methyl sites for hydroxylation is 1. The second kappa shape index (κ2) is 5.13. The standard InChI is InChI=1S/C15H17N3S/c1-10-5-2-3-8-13(10)16-15(19)18-17-14-9-11-6-4-7-12(11)14/h2-6,8,11-12H,7,9H2,1H3,(H2,16,18,19)/b17-14-/t11-,12+/m1/s1. The van der Waals surface area contributed by atoms with Gasteiger partial charge in [-0.05, 0) is 49.5 Å². The van der Waals surface area contributed by atoms with Crippen LogP contribution >= 0.6 is 12.2 Å². The number of fused-ring (bicyclic) bond motifs is 1. The monoisotopic (exact) mass is 271 g/mol. The minimum atomic E-state index is 0.552. The van der Waals surface area contributed by atoms with Crippen LogP contribution in [0.15, 0.2) is 41.5 Å². The van der Waals surface area contributed by atoms with Gasteiger partial charge in [-0.3, -0.25) is 5.43 Å². The normalized spacial score (nSPS) is 25.8. The van der Waals surface area contributed by atoms with Gasteiger partial charge in [0.2, 0.25) is 0 Å². The van der Waals surface area contributed by atoms with E-state index >= 15 is 0 Å². The second-order valence-corrected chi connectivity index (χ2v) is 5.53. The van der Waals surface area contributed by atoms with E-state index in [0.29, 0.717) is 11.0 Å². The zero-order chi connectivity index (χ0) is 13.2. The molecule has 3 rings (SSSR count). The average molecular weight is 271 g/mol. The molecule has 0 spiro atoms. The summed E-state index contributed by atoms with van der Waals surface area (Å²) < 4.78 is 0. The number of para-hydroxylation sites is 1. The van der Waals surface area contributed by atoms with E-state index in [-0.39, 0.29) is 0 Å². The topological polar surface area (TPSA) is 36.4 Å². The van der Waals surface area contributed by atoms with Gasteiger partial charge in [-0.25, -0.2) is 0 Å². The first-order chi connectivity index (χ1) is 9.24. The Balaban J connectivity index is 1.55. The molecule has 98 valence electrons. The molecule has 2 aliphatic carbocycles. The van der Waals surface area contributed by atoms with Gasteiger partial charge >= 0.3 is 0 Å². The van der Waals surface area contributed by atoms with Crippen LogP contribution in [-0.2, 0) is 0 Å². The average Bonchev–Trinajstić information content (AvgIpc) is 2.74. The molecule has 0 aliphatic heterocycles. The van der Waals surface area contributed by atoms with Gasteiger partial charge < -0.3 is 5.32 Å². The summed E-state index contributed by atoms with van der Waals surface area (Å²) in [7, 11) is 0. The van der Waals surface area contributed by atoms with E-state index in [9.17, 15) is 0 Å². The molecule has 0 unspecified atom stereocenters. The molecule has 4 heteroatoms. The summed E-state index contributed by atoms with van der Waals surface area (Å²) in [5, 5.41) is 8.14. The van der Waals surface area contributed by atoms with Crippen molar-refractivity contribution < 1.29 is 0 Å². The second-order valence-electron chi connectivity index (χ2n) is 5.12. The molecule has 0 saturated heterocycles. The Labute approximate surface area is 118 Å². The van der Waals surface area contributed by atoms with Crippen molar-refractivity contribution in [3.63, 3.8) is 0 Å². The number of hydrazone groups is 1. The first kappa shape index (κ1) is 12.4. The number of allylic oxidation sites excluding steroid dienone is 2. The van der Waals surface area contributed by atoms with E-state index in [0.717, 1.165) is 24.4 Å². The molecule has 0 amide bonds. The minimum Gasteiger partial charge on any atom is -0.331 e. The highest BCUT2D eigenvalue weighted by molar-refractivity contribution is 7.80. The first-order valence-electron chi connectivity index (χ1n) is 6.60. The van der Waals surface area contributed by atoms with Crippen LogP contribution in [0.2, 0.25) is 0 Å². The van der Waals surface area contributed by atoms with Crippen LogP contribution < -0.4 is 10.7 Å². The van der Waals surface area contributed by atoms with Crippen LogP contribution in [0, 0.1) is 18.8 Å². The third kappa shape index (κ3) is 2.54. The Morgan fingerprint density at radius 2 is 2.21 bits per heavy atom. The molecule has 0 bridgehead atoms. The molecule has 1 aromatic rings. The highest BCUT2D eigenvalue weighted by Gasteiger charge is 2.37. The number of benzene rings is 1. The summed E-state index contributed by atoms with van der Waals surface area (Å²) in [6.45, 7) is 2.05. The van der Waals surface area contributed by atoms with Gasteiger partial charge in [-0.15, -0.1) is 0 Å². The summed E-state index contributed by atoms with van der Waals surface area (Å²) in [6.07, 6.45) is 6.75. The van der Waals surface area contributed by atoms with Gasteiger partial charge in [0.1, 0.15) is 0 Å². The highest BCUT2D eigenvalue weighted by Crippen LogP contribution is 2.40. The van der Waals surface area contributed by atoms with E-state index in [1.807, 2.05) is 18.2 Å². The lowest BCUT2D eigenvalue weighted by Gasteiger charge is -2.31. The van der Waals surface area contributed by atoms with Crippen LogP contribution in [0.1, 0.15) is 18.4 Å². The summed E-state index contributed by atoms with van der Waals surface area (Å²) in [6, 6.07) is 8.07. The zero-order valence-corrected chi connectivity index (χ0v) is 11.7. The Bertz CT molecular complexity index is 562. The largest absolute Gasteiger partial charge is 0.331 e. The molecule has 0 heterocycles. The van der Waals surface area contributed by atoms with Gasteiger partial charge in [0, 0.05) is 17.3 Å². The van der Waals surface area contributed by atoms with Crippen LogP contribution in [-0.4, -0.2) is 10.8 Å². The molecule has 1 fully saturated rings. The lowest BCUT2D eigenvalue weighted by molar-refractivity contribution is 0.463. The van der Waals surface area contributed by atoms with Gasteiger partial charge in [0.15, 0.2) is 5.11 Å². The van der Waals surface area contributed by atoms with Crippen molar-refractivity contribution in [3.05, 3.63) is 42.0 Å². The van der Waals surface area contributed by atoms with E-state index in [1.165, 1.54) is 11.3 Å². The molecular weight excluding hydrogens is 254 g/mol. The Morgan fingerprint density at radius 3 is 3.00 bits per heavy atom. The molecule has 2 N–H and O–H groups in total. The fraction of sp³-hybridized carbons (Fsp3) is 0.333. The lowest BCUT2D eigenvalue weighted by atomic mass is 9.74. The van der Waals surface area contributed by atoms with Crippen molar-refractivity contribution in [2.24, 2.45) is 16.9 Å². The van der Waals surface area contributed by atoms with Gasteiger partial charge in [-0.1, -0.05) is 30.4 Å². The van der Waals surface area contributed by atoms with Crippen LogP contribution in [0.3, 0.4) is 0 Å². The number of hydrogen-bond donors (Lipinski definition) is 2. The minimum absolute atomic E-state index is 0.552. The first-order valence-corrected chi connectivity index (χ1v) is 7.00. The summed E-state index contributed by atoms with van der Waals surface area (Å²) in [5.74, 6) is 1.34. The van der Waals surface area contributed by atoms with Crippen LogP contribution in [0.4, 0.5) is 5.69 Å². The molecule has 2 aliphatic rings. The maximum Gasteiger partial charge on any atom is 0.191 e. The predicted octanol–water partition coefficient (Wildman–Crippen LogP) is 3.23. The number of rotatable bonds is 2. The number of nitrogens with one attached hydrogen (secondary N) is 2. The summed E-state index contributed by atoms with van der Waals surface area (Å²) in [4.78, 5) is 0. The maximum atomic E-state index is 5.26. The zero-order valence-electron chi connectivity index (χ0n) is 10.9. The number of hydrogen-bond acceptors (Lipinski definition) is 2. The molecule has 1 aromatic carbocycles. The SMILES string of the molecule is Cc1ccccc1NC(=S)N/N=C1/C[C@H]2C=CC[C@H]12. The number of thiocarbonyl (C=S) groups is 1. The third-order valence-electron chi connectivity index (χ3n) is 3.86. The third-order valence-corrected chi connectivity index (χ3v) is 4.05. The van der Waals surface area contributed by atoms with Crippen molar-refractivity contribution in [3.8, 4) is 0 Å². The summed E-state index contributed by atoms with van der Waals surface area (Å²) >= 11 is 5.26. The molecule has 1 saturated carbocycles. The number of nitrogens with zero attached hydrogens (tertiary/aromatic N) is 1. The van der Waals surface area contributed by atoms with Crippen molar-refractivity contribution in [2.75, 3.05) is 5.32 Å².